The van der Waals surface area contributed by atoms with Crippen LogP contribution in [0, 0.1) is 0 Å². The average Bonchev–Trinajstić information content (AvgIpc) is 3.65. The van der Waals surface area contributed by atoms with E-state index in [0.717, 1.165) is 0 Å². The van der Waals surface area contributed by atoms with E-state index in [2.05, 4.69) is 44.5 Å². The second-order valence-electron chi connectivity index (χ2n) is 19.6. The molecule has 32 nitrogen and oxygen atoms in total. The van der Waals surface area contributed by atoms with Gasteiger partial charge in [-0.1, -0.05) is 79.9 Å². The largest absolute Gasteiger partial charge is 0.481 e. The van der Waals surface area contributed by atoms with E-state index >= 15 is 0 Å². The summed E-state index contributed by atoms with van der Waals surface area (Å²) >= 11 is 3.80. The van der Waals surface area contributed by atoms with Crippen LogP contribution in [0.15, 0.2) is 60.7 Å². The smallest absolute Gasteiger partial charge is 0.327 e. The summed E-state index contributed by atoms with van der Waals surface area (Å²) in [6.45, 7) is 0.458. The molecule has 0 spiro atoms. The van der Waals surface area contributed by atoms with Crippen LogP contribution in [0.2, 0.25) is 0 Å². The number of carbonyl (C=O) groups is 15. The van der Waals surface area contributed by atoms with Crippen molar-refractivity contribution < 1.29 is 108 Å². The molecule has 0 aliphatic heterocycles. The van der Waals surface area contributed by atoms with E-state index in [-0.39, 0.29) is 38.6 Å². The Balaban J connectivity index is 2.06. The van der Waals surface area contributed by atoms with Crippen molar-refractivity contribution >= 4 is 102 Å². The average molecular weight is 1250 g/mol. The number of aliphatic carboxylic acids is 7. The molecule has 0 unspecified atom stereocenters. The van der Waals surface area contributed by atoms with Gasteiger partial charge in [0.15, 0.2) is 0 Å². The summed E-state index contributed by atoms with van der Waals surface area (Å²) in [5.41, 5.74) is 1.07. The van der Waals surface area contributed by atoms with Crippen LogP contribution in [-0.2, 0) is 75.2 Å². The van der Waals surface area contributed by atoms with Crippen molar-refractivity contribution in [2.45, 2.75) is 151 Å². The monoisotopic (exact) mass is 1250 g/mol. The molecular formula is C54H74N10O22S. The molecule has 0 heterocycles. The maximum Gasteiger partial charge on any atom is 0.327 e. The second-order valence-corrected chi connectivity index (χ2v) is 20.0. The van der Waals surface area contributed by atoms with E-state index in [4.69, 9.17) is 5.11 Å². The van der Waals surface area contributed by atoms with Crippen molar-refractivity contribution in [1.29, 1.82) is 0 Å². The minimum Gasteiger partial charge on any atom is -0.481 e. The quantitative estimate of drug-likeness (QED) is 0.0271. The molecule has 0 aliphatic carbocycles. The van der Waals surface area contributed by atoms with Crippen molar-refractivity contribution in [3.8, 4) is 0 Å². The molecule has 0 radical (unpaired) electrons. The highest BCUT2D eigenvalue weighted by atomic mass is 32.1. The normalized spacial score (nSPS) is 13.5. The lowest BCUT2D eigenvalue weighted by Gasteiger charge is -2.26. The first kappa shape index (κ1) is 73.5. The summed E-state index contributed by atoms with van der Waals surface area (Å²) in [6, 6.07) is 1.27. The van der Waals surface area contributed by atoms with E-state index in [1.54, 1.807) is 60.7 Å². The van der Waals surface area contributed by atoms with Crippen LogP contribution in [0.4, 0.5) is 9.59 Å². The Hall–Kier alpha value is -9.56. The summed E-state index contributed by atoms with van der Waals surface area (Å²) in [5, 5.41) is 88.5. The van der Waals surface area contributed by atoms with E-state index in [0.29, 0.717) is 56.2 Å². The summed E-state index contributed by atoms with van der Waals surface area (Å²) in [6.07, 6.45) is -1.49. The van der Waals surface area contributed by atoms with Crippen LogP contribution in [0.5, 0.6) is 0 Å². The number of carbonyl (C=O) groups excluding carboxylic acids is 8. The molecule has 0 saturated heterocycles. The lowest BCUT2D eigenvalue weighted by atomic mass is 10.0. The fourth-order valence-corrected chi connectivity index (χ4v) is 8.35. The number of carboxylic acid groups (broad SMARTS) is 7. The highest BCUT2D eigenvalue weighted by molar-refractivity contribution is 7.80. The van der Waals surface area contributed by atoms with Gasteiger partial charge in [0, 0.05) is 44.5 Å². The zero-order valence-corrected chi connectivity index (χ0v) is 47.9. The van der Waals surface area contributed by atoms with Gasteiger partial charge in [0.05, 0.1) is 19.3 Å². The summed E-state index contributed by atoms with van der Waals surface area (Å²) < 4.78 is 0. The van der Waals surface area contributed by atoms with E-state index in [1.165, 1.54) is 0 Å². The van der Waals surface area contributed by atoms with Crippen LogP contribution >= 0.6 is 12.6 Å². The third-order valence-electron chi connectivity index (χ3n) is 12.6. The van der Waals surface area contributed by atoms with Gasteiger partial charge in [-0.2, -0.15) is 12.6 Å². The number of benzene rings is 2. The minimum atomic E-state index is -2.15. The first-order chi connectivity index (χ1) is 41.2. The summed E-state index contributed by atoms with van der Waals surface area (Å²) in [5.74, 6) is -18.0. The van der Waals surface area contributed by atoms with Crippen LogP contribution in [0.1, 0.15) is 101 Å². The molecule has 2 aromatic carbocycles. The molecular weight excluding hydrogens is 1170 g/mol. The fourth-order valence-electron chi connectivity index (χ4n) is 8.10. The highest BCUT2D eigenvalue weighted by Gasteiger charge is 2.36. The molecule has 2 aromatic rings. The number of carboxylic acids is 7. The molecule has 17 N–H and O–H groups in total. The molecule has 2 rings (SSSR count). The standard InChI is InChI=1S/C54H74N10O22S/c65-40(19-10-2-1-3-12-22-55-53(85)56-23-13-11-18-32(50(79)80)63-54(86)64-33(51(81)82)20-21-41(66)67)57-34(24-30-14-6-4-7-15-30)45(74)58-35(25-31-16-8-5-9-17-31)46(75)59-36(26-42(68)69)47(76)60-37(27-43(70)71)48(77)61-38(28-44(72)73)49(78)62-39(29-87)52(83)84/h4-9,14-17,32-39,87H,1-3,10-13,18-29H2,(H,57,65)(H,58,74)(H,59,75)(H,60,76)(H,61,77)(H,62,78)(H,66,67)(H,68,69)(H,70,71)(H,72,73)(H,79,80)(H,81,82)(H,83,84)(H2,55,56,85)(H2,63,64,86)/t32-,33-,34-,35-,36-,37-,38-,39-/m0/s1. The minimum absolute atomic E-state index is 0.0229. The molecule has 0 aliphatic rings. The van der Waals surface area contributed by atoms with E-state index < -0.39 is 175 Å². The van der Waals surface area contributed by atoms with Crippen molar-refractivity contribution in [1.82, 2.24) is 53.2 Å². The number of amides is 10. The van der Waals surface area contributed by atoms with Gasteiger partial charge in [-0.25, -0.2) is 24.0 Å². The number of unbranched alkanes of at least 4 members (excludes halogenated alkanes) is 5. The number of urea groups is 2. The van der Waals surface area contributed by atoms with Crippen molar-refractivity contribution in [3.05, 3.63) is 71.8 Å². The summed E-state index contributed by atoms with van der Waals surface area (Å²) in [4.78, 5) is 187. The second kappa shape index (κ2) is 39.9. The molecule has 0 bridgehead atoms. The van der Waals surface area contributed by atoms with E-state index in [9.17, 15) is 103 Å². The van der Waals surface area contributed by atoms with Gasteiger partial charge in [0.25, 0.3) is 0 Å². The molecule has 478 valence electrons. The van der Waals surface area contributed by atoms with Gasteiger partial charge >= 0.3 is 53.8 Å². The predicted octanol–water partition coefficient (Wildman–Crippen LogP) is -1.30. The Labute approximate surface area is 502 Å². The Kier molecular flexibility index (Phi) is 33.7. The Bertz CT molecular complexity index is 2710. The first-order valence-corrected chi connectivity index (χ1v) is 28.0. The maximum atomic E-state index is 14.2. The molecule has 8 atom stereocenters. The Morgan fingerprint density at radius 2 is 0.701 bits per heavy atom. The highest BCUT2D eigenvalue weighted by Crippen LogP contribution is 2.12. The van der Waals surface area contributed by atoms with Gasteiger partial charge in [0.1, 0.15) is 48.3 Å². The Morgan fingerprint density at radius 3 is 1.10 bits per heavy atom. The van der Waals surface area contributed by atoms with Crippen molar-refractivity contribution in [2.75, 3.05) is 18.8 Å². The molecule has 33 heteroatoms. The van der Waals surface area contributed by atoms with Crippen LogP contribution < -0.4 is 53.2 Å². The predicted molar refractivity (Wildman–Crippen MR) is 304 cm³/mol. The zero-order chi connectivity index (χ0) is 65.0. The van der Waals surface area contributed by atoms with E-state index in [1.807, 2.05) is 21.3 Å². The molecule has 10 amide bonds. The fraction of sp³-hybridized carbons (Fsp3) is 0.500. The van der Waals surface area contributed by atoms with Crippen molar-refractivity contribution in [2.24, 2.45) is 0 Å². The molecule has 0 saturated carbocycles. The van der Waals surface area contributed by atoms with Crippen molar-refractivity contribution in [3.63, 3.8) is 0 Å². The third kappa shape index (κ3) is 31.2. The Morgan fingerprint density at radius 1 is 0.345 bits per heavy atom. The number of nitrogens with one attached hydrogen (secondary N) is 10. The van der Waals surface area contributed by atoms with Gasteiger partial charge in [-0.05, 0) is 49.7 Å². The van der Waals surface area contributed by atoms with Gasteiger partial charge in [0.2, 0.25) is 35.4 Å². The molecule has 0 fully saturated rings. The van der Waals surface area contributed by atoms with Gasteiger partial charge in [-0.3, -0.25) is 47.9 Å². The molecule has 87 heavy (non-hydrogen) atoms. The lowest BCUT2D eigenvalue weighted by molar-refractivity contribution is -0.145. The lowest BCUT2D eigenvalue weighted by Crippen LogP contribution is -2.60. The van der Waals surface area contributed by atoms with Crippen LogP contribution in [-0.4, -0.2) is 192 Å². The maximum absolute atomic E-state index is 14.2. The van der Waals surface area contributed by atoms with Gasteiger partial charge < -0.3 is 88.9 Å². The number of hydrogen-bond donors (Lipinski definition) is 18. The zero-order valence-electron chi connectivity index (χ0n) is 47.0. The number of rotatable bonds is 43. The number of thiol groups is 1. The van der Waals surface area contributed by atoms with Crippen LogP contribution in [0.25, 0.3) is 0 Å². The van der Waals surface area contributed by atoms with Gasteiger partial charge in [-0.15, -0.1) is 0 Å². The summed E-state index contributed by atoms with van der Waals surface area (Å²) in [7, 11) is 0. The third-order valence-corrected chi connectivity index (χ3v) is 13.0. The topological polar surface area (TPSA) is 518 Å². The first-order valence-electron chi connectivity index (χ1n) is 27.3. The van der Waals surface area contributed by atoms with Crippen LogP contribution in [0.3, 0.4) is 0 Å². The molecule has 0 aromatic heterocycles. The number of hydrogen-bond acceptors (Lipinski definition) is 16. The SMILES string of the molecule is O=C(O)CC[C@H](NC(=O)N[C@@H](CCCCNC(=O)NCCCCCCCC(=O)N[C@@H](Cc1ccccc1)C(=O)N[C@@H](Cc1ccccc1)C(=O)N[C@@H](CC(=O)O)C(=O)N[C@@H](CC(=O)O)C(=O)N[C@@H](CC(=O)O)C(=O)N[C@@H](CS)C(=O)O)C(=O)O)C(=O)O.